The lowest BCUT2D eigenvalue weighted by molar-refractivity contribution is 0.121. The van der Waals surface area contributed by atoms with Crippen molar-refractivity contribution in [2.24, 2.45) is 5.92 Å². The van der Waals surface area contributed by atoms with E-state index in [0.29, 0.717) is 0 Å². The van der Waals surface area contributed by atoms with Crippen LogP contribution in [-0.4, -0.2) is 11.2 Å². The van der Waals surface area contributed by atoms with Crippen LogP contribution >= 0.6 is 31.9 Å². The molecule has 0 heterocycles. The fraction of sp³-hybridized carbons (Fsp3) is 0.600. The maximum absolute atomic E-state index is 9.75. The molecule has 3 heteroatoms. The zero-order valence-electron chi connectivity index (χ0n) is 7.84. The van der Waals surface area contributed by atoms with Gasteiger partial charge in [0.15, 0.2) is 0 Å². The monoisotopic (exact) mass is 310 g/mol. The fourth-order valence-corrected chi connectivity index (χ4v) is 1.88. The van der Waals surface area contributed by atoms with Gasteiger partial charge < -0.3 is 5.11 Å². The first-order chi connectivity index (χ1) is 6.11. The van der Waals surface area contributed by atoms with Crippen molar-refractivity contribution < 1.29 is 5.11 Å². The first-order valence-corrected chi connectivity index (χ1v) is 6.02. The van der Waals surface area contributed by atoms with Crippen LogP contribution in [0.3, 0.4) is 0 Å². The van der Waals surface area contributed by atoms with E-state index in [0.717, 1.165) is 22.7 Å². The van der Waals surface area contributed by atoms with E-state index in [1.165, 1.54) is 0 Å². The van der Waals surface area contributed by atoms with Gasteiger partial charge in [-0.25, -0.2) is 0 Å². The maximum Gasteiger partial charge on any atom is 0.0606 e. The fourth-order valence-electron chi connectivity index (χ4n) is 1.20. The van der Waals surface area contributed by atoms with E-state index in [1.807, 2.05) is 12.2 Å². The Morgan fingerprint density at radius 1 is 1.54 bits per heavy atom. The molecule has 0 radical (unpaired) electrons. The summed E-state index contributed by atoms with van der Waals surface area (Å²) in [7, 11) is 0. The van der Waals surface area contributed by atoms with Crippen LogP contribution in [0.2, 0.25) is 0 Å². The van der Waals surface area contributed by atoms with E-state index in [9.17, 15) is 5.11 Å². The van der Waals surface area contributed by atoms with E-state index < -0.39 is 0 Å². The number of aliphatic hydroxyl groups is 1. The number of allylic oxidation sites excluding steroid dienone is 1. The average Bonchev–Trinajstić information content (AvgIpc) is 2.03. The lowest BCUT2D eigenvalue weighted by atomic mass is 9.95. The molecule has 0 aliphatic heterocycles. The minimum Gasteiger partial charge on any atom is -0.393 e. The second kappa shape index (κ2) is 7.77. The molecule has 76 valence electrons. The summed E-state index contributed by atoms with van der Waals surface area (Å²) in [5.41, 5.74) is 0. The van der Waals surface area contributed by atoms with E-state index in [4.69, 9.17) is 0 Å². The van der Waals surface area contributed by atoms with Crippen molar-refractivity contribution in [2.75, 3.05) is 0 Å². The van der Waals surface area contributed by atoms with Crippen molar-refractivity contribution >= 4 is 31.9 Å². The molecule has 1 nitrogen and oxygen atoms in total. The van der Waals surface area contributed by atoms with Gasteiger partial charge in [0.1, 0.15) is 0 Å². The van der Waals surface area contributed by atoms with E-state index in [2.05, 4.69) is 45.4 Å². The third-order valence-electron chi connectivity index (χ3n) is 1.86. The molecule has 0 aromatic rings. The highest BCUT2D eigenvalue weighted by atomic mass is 79.9. The summed E-state index contributed by atoms with van der Waals surface area (Å²) in [6, 6.07) is 0. The second-order valence-corrected chi connectivity index (χ2v) is 5.77. The van der Waals surface area contributed by atoms with Crippen LogP contribution in [-0.2, 0) is 0 Å². The lowest BCUT2D eigenvalue weighted by Crippen LogP contribution is -2.17. The van der Waals surface area contributed by atoms with E-state index in [-0.39, 0.29) is 12.0 Å². The first-order valence-electron chi connectivity index (χ1n) is 4.43. The third kappa shape index (κ3) is 6.47. The highest BCUT2D eigenvalue weighted by Gasteiger charge is 2.14. The maximum atomic E-state index is 9.75. The summed E-state index contributed by atoms with van der Waals surface area (Å²) in [5, 5.41) is 9.75. The minimum absolute atomic E-state index is 0.159. The van der Waals surface area contributed by atoms with Gasteiger partial charge in [-0.05, 0) is 44.7 Å². The molecule has 0 fully saturated rings. The Morgan fingerprint density at radius 3 is 2.54 bits per heavy atom. The largest absolute Gasteiger partial charge is 0.393 e. The Hall–Kier alpha value is 0.400. The molecule has 0 bridgehead atoms. The minimum atomic E-state index is -0.270. The Morgan fingerprint density at radius 2 is 2.15 bits per heavy atom. The first kappa shape index (κ1) is 13.4. The molecule has 0 aliphatic carbocycles. The van der Waals surface area contributed by atoms with Crippen LogP contribution in [0.5, 0.6) is 0 Å². The molecule has 13 heavy (non-hydrogen) atoms. The number of hydrogen-bond acceptors (Lipinski definition) is 1. The highest BCUT2D eigenvalue weighted by Crippen LogP contribution is 2.22. The Bertz CT molecular complexity index is 174. The average molecular weight is 312 g/mol. The lowest BCUT2D eigenvalue weighted by Gasteiger charge is -2.17. The van der Waals surface area contributed by atoms with Gasteiger partial charge in [-0.2, -0.15) is 0 Å². The van der Waals surface area contributed by atoms with Crippen molar-refractivity contribution in [2.45, 2.75) is 32.3 Å². The van der Waals surface area contributed by atoms with Gasteiger partial charge in [-0.1, -0.05) is 25.5 Å². The van der Waals surface area contributed by atoms with Gasteiger partial charge in [0.25, 0.3) is 0 Å². The predicted molar refractivity (Wildman–Crippen MR) is 65.2 cm³/mol. The SMILES string of the molecule is C=CC[C@@H](C=C(Br)Br)[C@@H](O)CCC. The predicted octanol–water partition coefficient (Wildman–Crippen LogP) is 3.97. The third-order valence-corrected chi connectivity index (χ3v) is 2.39. The number of aliphatic hydroxyl groups excluding tert-OH is 1. The zero-order valence-corrected chi connectivity index (χ0v) is 11.0. The second-order valence-electron chi connectivity index (χ2n) is 3.00. The van der Waals surface area contributed by atoms with Gasteiger partial charge in [-0.15, -0.1) is 6.58 Å². The molecule has 1 N–H and O–H groups in total. The van der Waals surface area contributed by atoms with Gasteiger partial charge in [0.2, 0.25) is 0 Å². The molecule has 2 atom stereocenters. The molecule has 0 aromatic carbocycles. The summed E-state index contributed by atoms with van der Waals surface area (Å²) in [6.07, 6.45) is 6.19. The van der Waals surface area contributed by atoms with E-state index in [1.54, 1.807) is 0 Å². The zero-order chi connectivity index (χ0) is 10.3. The number of halogens is 2. The molecular formula is C10H16Br2O. The standard InChI is InChI=1S/C10H16Br2O/c1-3-5-8(7-10(11)12)9(13)6-4-2/h3,7-9,13H,1,4-6H2,2H3/t8-,9-/m0/s1. The molecule has 0 aliphatic rings. The van der Waals surface area contributed by atoms with Crippen LogP contribution < -0.4 is 0 Å². The molecule has 0 amide bonds. The Kier molecular flexibility index (Phi) is 8.01. The molecule has 0 aromatic heterocycles. The summed E-state index contributed by atoms with van der Waals surface area (Å²) < 4.78 is 0.891. The van der Waals surface area contributed by atoms with Crippen LogP contribution in [0.4, 0.5) is 0 Å². The van der Waals surface area contributed by atoms with Crippen molar-refractivity contribution in [1.82, 2.24) is 0 Å². The summed E-state index contributed by atoms with van der Waals surface area (Å²) >= 11 is 6.59. The molecule has 0 spiro atoms. The van der Waals surface area contributed by atoms with Crippen LogP contribution in [0, 0.1) is 5.92 Å². The summed E-state index contributed by atoms with van der Waals surface area (Å²) in [4.78, 5) is 0. The highest BCUT2D eigenvalue weighted by molar-refractivity contribution is 9.28. The molecular weight excluding hydrogens is 296 g/mol. The molecule has 0 rings (SSSR count). The molecule has 0 unspecified atom stereocenters. The van der Waals surface area contributed by atoms with Gasteiger partial charge in [-0.3, -0.25) is 0 Å². The molecule has 0 saturated heterocycles. The molecule has 0 saturated carbocycles. The number of hydrogen-bond donors (Lipinski definition) is 1. The smallest absolute Gasteiger partial charge is 0.0606 e. The van der Waals surface area contributed by atoms with Gasteiger partial charge in [0.05, 0.1) is 9.50 Å². The Labute approximate surface area is 97.2 Å². The quantitative estimate of drug-likeness (QED) is 0.736. The van der Waals surface area contributed by atoms with Crippen LogP contribution in [0.25, 0.3) is 0 Å². The summed E-state index contributed by atoms with van der Waals surface area (Å²) in [5.74, 6) is 0.159. The number of rotatable bonds is 6. The van der Waals surface area contributed by atoms with Crippen LogP contribution in [0.1, 0.15) is 26.2 Å². The van der Waals surface area contributed by atoms with Crippen molar-refractivity contribution in [3.05, 3.63) is 22.1 Å². The van der Waals surface area contributed by atoms with E-state index >= 15 is 0 Å². The van der Waals surface area contributed by atoms with Gasteiger partial charge in [0, 0.05) is 5.92 Å². The Balaban J connectivity index is 4.22. The van der Waals surface area contributed by atoms with Crippen LogP contribution in [0.15, 0.2) is 22.1 Å². The summed E-state index contributed by atoms with van der Waals surface area (Å²) in [6.45, 7) is 5.75. The topological polar surface area (TPSA) is 20.2 Å². The van der Waals surface area contributed by atoms with Gasteiger partial charge >= 0.3 is 0 Å². The van der Waals surface area contributed by atoms with Crippen molar-refractivity contribution in [3.8, 4) is 0 Å². The van der Waals surface area contributed by atoms with Crippen molar-refractivity contribution in [1.29, 1.82) is 0 Å². The normalized spacial score (nSPS) is 14.8. The van der Waals surface area contributed by atoms with Crippen molar-refractivity contribution in [3.63, 3.8) is 0 Å².